The standard InChI is InChI=1S/C14H16BrClN2O3/c15-11-2-1-9(12(16)7-11)3-5-17-14(21)18-6-4-10(8-18)13(19)20/h1-2,7,10H,3-6,8H2,(H,17,21)(H,19,20). The molecule has 0 aromatic heterocycles. The highest BCUT2D eigenvalue weighted by Gasteiger charge is 2.30. The summed E-state index contributed by atoms with van der Waals surface area (Å²) in [7, 11) is 0. The number of carboxylic acids is 1. The molecular formula is C14H16BrClN2O3. The molecule has 2 amide bonds. The third-order valence-electron chi connectivity index (χ3n) is 3.51. The summed E-state index contributed by atoms with van der Waals surface area (Å²) in [6.07, 6.45) is 1.15. The molecule has 0 spiro atoms. The van der Waals surface area contributed by atoms with Crippen molar-refractivity contribution in [2.75, 3.05) is 19.6 Å². The van der Waals surface area contributed by atoms with Crippen molar-refractivity contribution in [2.24, 2.45) is 5.92 Å². The molecule has 1 heterocycles. The van der Waals surface area contributed by atoms with Gasteiger partial charge in [0.05, 0.1) is 5.92 Å². The number of hydrogen-bond acceptors (Lipinski definition) is 2. The Morgan fingerprint density at radius 2 is 2.24 bits per heavy atom. The van der Waals surface area contributed by atoms with Crippen LogP contribution in [0.15, 0.2) is 22.7 Å². The van der Waals surface area contributed by atoms with Gasteiger partial charge in [-0.05, 0) is 30.5 Å². The quantitative estimate of drug-likeness (QED) is 0.850. The Bertz CT molecular complexity index is 553. The lowest BCUT2D eigenvalue weighted by molar-refractivity contribution is -0.141. The van der Waals surface area contributed by atoms with E-state index in [0.717, 1.165) is 10.0 Å². The van der Waals surface area contributed by atoms with Crippen molar-refractivity contribution in [1.29, 1.82) is 0 Å². The first-order valence-electron chi connectivity index (χ1n) is 6.67. The van der Waals surface area contributed by atoms with Crippen molar-refractivity contribution in [2.45, 2.75) is 12.8 Å². The Morgan fingerprint density at radius 3 is 2.86 bits per heavy atom. The largest absolute Gasteiger partial charge is 0.481 e. The second kappa shape index (κ2) is 7.13. The van der Waals surface area contributed by atoms with E-state index >= 15 is 0 Å². The summed E-state index contributed by atoms with van der Waals surface area (Å²) >= 11 is 9.45. The third kappa shape index (κ3) is 4.35. The van der Waals surface area contributed by atoms with Crippen molar-refractivity contribution in [3.8, 4) is 0 Å². The van der Waals surface area contributed by atoms with Gasteiger partial charge in [0.2, 0.25) is 0 Å². The zero-order chi connectivity index (χ0) is 15.4. The van der Waals surface area contributed by atoms with E-state index in [2.05, 4.69) is 21.2 Å². The molecule has 1 aliphatic heterocycles. The summed E-state index contributed by atoms with van der Waals surface area (Å²) in [6, 6.07) is 5.42. The molecular weight excluding hydrogens is 360 g/mol. The predicted molar refractivity (Wildman–Crippen MR) is 83.6 cm³/mol. The van der Waals surface area contributed by atoms with Crippen molar-refractivity contribution < 1.29 is 14.7 Å². The van der Waals surface area contributed by atoms with Crippen LogP contribution in [0.4, 0.5) is 4.79 Å². The molecule has 1 aromatic rings. The minimum Gasteiger partial charge on any atom is -0.481 e. The third-order valence-corrected chi connectivity index (χ3v) is 4.36. The van der Waals surface area contributed by atoms with Crippen LogP contribution in [0.25, 0.3) is 0 Å². The highest BCUT2D eigenvalue weighted by atomic mass is 79.9. The van der Waals surface area contributed by atoms with Crippen molar-refractivity contribution >= 4 is 39.5 Å². The van der Waals surface area contributed by atoms with E-state index in [1.165, 1.54) is 0 Å². The van der Waals surface area contributed by atoms with E-state index in [1.54, 1.807) is 4.90 Å². The number of carboxylic acid groups (broad SMARTS) is 1. The smallest absolute Gasteiger partial charge is 0.317 e. The number of urea groups is 1. The zero-order valence-electron chi connectivity index (χ0n) is 11.3. The summed E-state index contributed by atoms with van der Waals surface area (Å²) in [5.74, 6) is -1.29. The fourth-order valence-electron chi connectivity index (χ4n) is 2.29. The van der Waals surface area contributed by atoms with Gasteiger partial charge in [0.1, 0.15) is 0 Å². The number of rotatable bonds is 4. The van der Waals surface area contributed by atoms with Crippen LogP contribution in [-0.2, 0) is 11.2 Å². The Labute approximate surface area is 136 Å². The molecule has 1 unspecified atom stereocenters. The molecule has 114 valence electrons. The number of likely N-dealkylation sites (tertiary alicyclic amines) is 1. The fraction of sp³-hybridized carbons (Fsp3) is 0.429. The molecule has 1 saturated heterocycles. The molecule has 1 atom stereocenters. The topological polar surface area (TPSA) is 69.6 Å². The number of carbonyl (C=O) groups is 2. The van der Waals surface area contributed by atoms with Crippen LogP contribution in [0.5, 0.6) is 0 Å². The highest BCUT2D eigenvalue weighted by molar-refractivity contribution is 9.10. The van der Waals surface area contributed by atoms with E-state index in [0.29, 0.717) is 31.0 Å². The number of nitrogens with zero attached hydrogens (tertiary/aromatic N) is 1. The lowest BCUT2D eigenvalue weighted by atomic mass is 10.1. The molecule has 2 N–H and O–H groups in total. The van der Waals surface area contributed by atoms with Crippen LogP contribution in [0.2, 0.25) is 5.02 Å². The van der Waals surface area contributed by atoms with Gasteiger partial charge < -0.3 is 15.3 Å². The van der Waals surface area contributed by atoms with Gasteiger partial charge in [-0.25, -0.2) is 4.79 Å². The van der Waals surface area contributed by atoms with Crippen LogP contribution < -0.4 is 5.32 Å². The Morgan fingerprint density at radius 1 is 1.48 bits per heavy atom. The Kier molecular flexibility index (Phi) is 5.47. The fourth-order valence-corrected chi connectivity index (χ4v) is 3.05. The second-order valence-electron chi connectivity index (χ2n) is 4.99. The van der Waals surface area contributed by atoms with Gasteiger partial charge in [-0.1, -0.05) is 33.6 Å². The summed E-state index contributed by atoms with van der Waals surface area (Å²) in [5.41, 5.74) is 0.963. The lowest BCUT2D eigenvalue weighted by Crippen LogP contribution is -2.39. The number of nitrogens with one attached hydrogen (secondary N) is 1. The van der Waals surface area contributed by atoms with Crippen LogP contribution in [0.3, 0.4) is 0 Å². The van der Waals surface area contributed by atoms with Gasteiger partial charge in [-0.15, -0.1) is 0 Å². The molecule has 0 radical (unpaired) electrons. The molecule has 21 heavy (non-hydrogen) atoms. The van der Waals surface area contributed by atoms with Crippen molar-refractivity contribution in [3.05, 3.63) is 33.3 Å². The van der Waals surface area contributed by atoms with E-state index < -0.39 is 11.9 Å². The molecule has 0 aliphatic carbocycles. The number of hydrogen-bond donors (Lipinski definition) is 2. The Balaban J connectivity index is 1.78. The normalized spacial score (nSPS) is 17.8. The van der Waals surface area contributed by atoms with Crippen LogP contribution in [0.1, 0.15) is 12.0 Å². The molecule has 0 bridgehead atoms. The first-order chi connectivity index (χ1) is 9.97. The molecule has 1 fully saturated rings. The van der Waals surface area contributed by atoms with Crippen molar-refractivity contribution in [3.63, 3.8) is 0 Å². The number of amides is 2. The predicted octanol–water partition coefficient (Wildman–Crippen LogP) is 2.76. The maximum absolute atomic E-state index is 11.9. The van der Waals surface area contributed by atoms with E-state index in [1.807, 2.05) is 18.2 Å². The molecule has 1 aliphatic rings. The Hall–Kier alpha value is -1.27. The average molecular weight is 376 g/mol. The minimum atomic E-state index is -0.841. The zero-order valence-corrected chi connectivity index (χ0v) is 13.7. The van der Waals surface area contributed by atoms with Crippen LogP contribution in [-0.4, -0.2) is 41.6 Å². The summed E-state index contributed by atoms with van der Waals surface area (Å²) in [5, 5.41) is 12.4. The molecule has 0 saturated carbocycles. The number of halogens is 2. The number of aliphatic carboxylic acids is 1. The summed E-state index contributed by atoms with van der Waals surface area (Å²) < 4.78 is 0.914. The minimum absolute atomic E-state index is 0.216. The first kappa shape index (κ1) is 16.1. The first-order valence-corrected chi connectivity index (χ1v) is 7.84. The summed E-state index contributed by atoms with van der Waals surface area (Å²) in [6.45, 7) is 1.23. The van der Waals surface area contributed by atoms with Crippen LogP contribution >= 0.6 is 27.5 Å². The van der Waals surface area contributed by atoms with Gasteiger partial charge in [-0.3, -0.25) is 4.79 Å². The molecule has 2 rings (SSSR count). The average Bonchev–Trinajstić information content (AvgIpc) is 2.91. The molecule has 7 heteroatoms. The summed E-state index contributed by atoms with van der Waals surface area (Å²) in [4.78, 5) is 24.3. The van der Waals surface area contributed by atoms with Gasteiger partial charge in [0, 0.05) is 29.1 Å². The molecule has 1 aromatic carbocycles. The molecule has 5 nitrogen and oxygen atoms in total. The van der Waals surface area contributed by atoms with E-state index in [4.69, 9.17) is 16.7 Å². The SMILES string of the molecule is O=C(O)C1CCN(C(=O)NCCc2ccc(Br)cc2Cl)C1. The van der Waals surface area contributed by atoms with Gasteiger partial charge >= 0.3 is 12.0 Å². The second-order valence-corrected chi connectivity index (χ2v) is 6.31. The monoisotopic (exact) mass is 374 g/mol. The lowest BCUT2D eigenvalue weighted by Gasteiger charge is -2.16. The van der Waals surface area contributed by atoms with E-state index in [-0.39, 0.29) is 12.6 Å². The van der Waals surface area contributed by atoms with Crippen LogP contribution in [0, 0.1) is 5.92 Å². The van der Waals surface area contributed by atoms with Crippen molar-refractivity contribution in [1.82, 2.24) is 10.2 Å². The highest BCUT2D eigenvalue weighted by Crippen LogP contribution is 2.21. The maximum atomic E-state index is 11.9. The number of carbonyl (C=O) groups excluding carboxylic acids is 1. The van der Waals surface area contributed by atoms with Gasteiger partial charge in [0.25, 0.3) is 0 Å². The maximum Gasteiger partial charge on any atom is 0.317 e. The van der Waals surface area contributed by atoms with Gasteiger partial charge in [-0.2, -0.15) is 0 Å². The van der Waals surface area contributed by atoms with Gasteiger partial charge in [0.15, 0.2) is 0 Å². The number of benzene rings is 1. The van der Waals surface area contributed by atoms with E-state index in [9.17, 15) is 9.59 Å².